The Kier molecular flexibility index (Phi) is 5.87. The van der Waals surface area contributed by atoms with Crippen LogP contribution in [0.2, 0.25) is 0 Å². The van der Waals surface area contributed by atoms with Gasteiger partial charge in [-0.15, -0.1) is 0 Å². The number of nitrogens with one attached hydrogen (secondary N) is 2. The summed E-state index contributed by atoms with van der Waals surface area (Å²) in [7, 11) is 1.96. The summed E-state index contributed by atoms with van der Waals surface area (Å²) in [5, 5.41) is 5.25. The highest BCUT2D eigenvalue weighted by atomic mass is 19.3. The van der Waals surface area contributed by atoms with Crippen molar-refractivity contribution >= 4 is 11.9 Å². The zero-order chi connectivity index (χ0) is 20.6. The van der Waals surface area contributed by atoms with E-state index in [-0.39, 0.29) is 0 Å². The van der Waals surface area contributed by atoms with Crippen LogP contribution in [-0.2, 0) is 4.79 Å². The summed E-state index contributed by atoms with van der Waals surface area (Å²) in [6.07, 6.45) is 4.63. The molecule has 0 aromatic carbocycles. The normalized spacial score (nSPS) is 25.2. The molecule has 3 fully saturated rings. The molecule has 0 radical (unpaired) electrons. The number of urea groups is 1. The molecule has 9 heteroatoms. The second-order valence-electron chi connectivity index (χ2n) is 9.21. The maximum absolute atomic E-state index is 13.7. The van der Waals surface area contributed by atoms with Gasteiger partial charge in [0.25, 0.3) is 0 Å². The van der Waals surface area contributed by atoms with Crippen LogP contribution < -0.4 is 16.4 Å². The van der Waals surface area contributed by atoms with Crippen LogP contribution >= 0.6 is 0 Å². The van der Waals surface area contributed by atoms with Gasteiger partial charge in [-0.2, -0.15) is 0 Å². The largest absolute Gasteiger partial charge is 0.336 e. The number of carbonyl (C=O) groups excluding carboxylic acids is 2. The second-order valence-corrected chi connectivity index (χ2v) is 9.21. The molecule has 0 aromatic heterocycles. The van der Waals surface area contributed by atoms with Crippen molar-refractivity contribution in [2.24, 2.45) is 11.1 Å². The minimum Gasteiger partial charge on any atom is -0.336 e. The Labute approximate surface area is 165 Å². The average molecular weight is 402 g/mol. The molecule has 4 N–H and O–H groups in total. The lowest BCUT2D eigenvalue weighted by Gasteiger charge is -2.39. The molecule has 3 rings (SSSR count). The van der Waals surface area contributed by atoms with Gasteiger partial charge >= 0.3 is 6.03 Å². The van der Waals surface area contributed by atoms with Crippen LogP contribution in [0.25, 0.3) is 0 Å². The maximum atomic E-state index is 13.7. The number of halogens is 2. The number of carbonyl (C=O) groups is 2. The van der Waals surface area contributed by atoms with Crippen LogP contribution in [0.5, 0.6) is 0 Å². The number of likely N-dealkylation sites (tertiary alicyclic amines) is 2. The van der Waals surface area contributed by atoms with Crippen molar-refractivity contribution in [3.63, 3.8) is 0 Å². The van der Waals surface area contributed by atoms with Gasteiger partial charge in [0, 0.05) is 32.6 Å². The number of amides is 3. The summed E-state index contributed by atoms with van der Waals surface area (Å²) in [4.78, 5) is 29.1. The van der Waals surface area contributed by atoms with Crippen LogP contribution in [0.4, 0.5) is 13.6 Å². The molecule has 1 spiro atoms. The van der Waals surface area contributed by atoms with Crippen molar-refractivity contribution in [1.29, 1.82) is 0 Å². The molecule has 2 aliphatic heterocycles. The van der Waals surface area contributed by atoms with Crippen LogP contribution in [0, 0.1) is 5.41 Å². The van der Waals surface area contributed by atoms with Gasteiger partial charge in [-0.25, -0.2) is 13.6 Å². The number of piperidine rings is 2. The Morgan fingerprint density at radius 1 is 1.07 bits per heavy atom. The standard InChI is InChI=1S/C19H33F2N5O2/c1-17(20,21)13-14(15(27)24-19(22)7-9-25(2)10-8-19)23-16(28)26-11-5-18(3-4-18)6-12-26/h14H,3-13,22H2,1-2H3,(H,23,28)(H,24,27)/t14-/m0/s1. The third kappa shape index (κ3) is 5.53. The first-order valence-corrected chi connectivity index (χ1v) is 10.2. The van der Waals surface area contributed by atoms with Gasteiger partial charge in [-0.3, -0.25) is 4.79 Å². The molecule has 1 atom stereocenters. The summed E-state index contributed by atoms with van der Waals surface area (Å²) >= 11 is 0. The third-order valence-electron chi connectivity index (χ3n) is 6.50. The zero-order valence-corrected chi connectivity index (χ0v) is 16.9. The number of nitrogens with zero attached hydrogens (tertiary/aromatic N) is 2. The Bertz CT molecular complexity index is 588. The molecule has 3 aliphatic rings. The quantitative estimate of drug-likeness (QED) is 0.609. The van der Waals surface area contributed by atoms with Gasteiger partial charge in [-0.1, -0.05) is 0 Å². The molecule has 0 unspecified atom stereocenters. The van der Waals surface area contributed by atoms with E-state index in [9.17, 15) is 18.4 Å². The molecule has 2 heterocycles. The fraction of sp³-hybridized carbons (Fsp3) is 0.895. The van der Waals surface area contributed by atoms with E-state index in [0.29, 0.717) is 44.4 Å². The predicted molar refractivity (Wildman–Crippen MR) is 102 cm³/mol. The molecule has 0 bridgehead atoms. The van der Waals surface area contributed by atoms with Crippen molar-refractivity contribution in [1.82, 2.24) is 20.4 Å². The predicted octanol–water partition coefficient (Wildman–Crippen LogP) is 1.48. The van der Waals surface area contributed by atoms with Crippen molar-refractivity contribution < 1.29 is 18.4 Å². The Morgan fingerprint density at radius 3 is 2.14 bits per heavy atom. The van der Waals surface area contributed by atoms with Crippen LogP contribution in [0.15, 0.2) is 0 Å². The highest BCUT2D eigenvalue weighted by Gasteiger charge is 2.45. The minimum absolute atomic E-state index is 0.407. The highest BCUT2D eigenvalue weighted by molar-refractivity contribution is 5.87. The number of hydrogen-bond acceptors (Lipinski definition) is 4. The van der Waals surface area contributed by atoms with Gasteiger partial charge in [0.15, 0.2) is 0 Å². The smallest absolute Gasteiger partial charge is 0.318 e. The van der Waals surface area contributed by atoms with Crippen LogP contribution in [0.3, 0.4) is 0 Å². The summed E-state index contributed by atoms with van der Waals surface area (Å²) < 4.78 is 27.4. The number of nitrogens with two attached hydrogens (primary N) is 1. The minimum atomic E-state index is -3.08. The van der Waals surface area contributed by atoms with Crippen molar-refractivity contribution in [2.75, 3.05) is 33.2 Å². The molecule has 1 saturated carbocycles. The topological polar surface area (TPSA) is 90.7 Å². The van der Waals surface area contributed by atoms with Gasteiger partial charge in [0.1, 0.15) is 6.04 Å². The summed E-state index contributed by atoms with van der Waals surface area (Å²) in [6, 6.07) is -1.77. The van der Waals surface area contributed by atoms with E-state index in [1.54, 1.807) is 4.90 Å². The fourth-order valence-corrected chi connectivity index (χ4v) is 4.14. The second kappa shape index (κ2) is 7.74. The van der Waals surface area contributed by atoms with E-state index in [4.69, 9.17) is 5.73 Å². The number of alkyl halides is 2. The van der Waals surface area contributed by atoms with E-state index in [1.807, 2.05) is 7.05 Å². The lowest BCUT2D eigenvalue weighted by atomic mass is 9.94. The molecule has 0 aromatic rings. The van der Waals surface area contributed by atoms with Crippen LogP contribution in [0.1, 0.15) is 51.9 Å². The average Bonchev–Trinajstić information content (AvgIpc) is 3.35. The molecule has 1 aliphatic carbocycles. The molecule has 160 valence electrons. The lowest BCUT2D eigenvalue weighted by molar-refractivity contribution is -0.128. The first kappa shape index (κ1) is 21.2. The highest BCUT2D eigenvalue weighted by Crippen LogP contribution is 2.53. The monoisotopic (exact) mass is 401 g/mol. The molecule has 3 amide bonds. The molecular weight excluding hydrogens is 368 g/mol. The maximum Gasteiger partial charge on any atom is 0.318 e. The van der Waals surface area contributed by atoms with E-state index in [0.717, 1.165) is 19.8 Å². The van der Waals surface area contributed by atoms with E-state index in [2.05, 4.69) is 15.5 Å². The van der Waals surface area contributed by atoms with E-state index >= 15 is 0 Å². The Hall–Kier alpha value is -1.48. The van der Waals surface area contributed by atoms with Crippen molar-refractivity contribution in [2.45, 2.75) is 69.5 Å². The van der Waals surface area contributed by atoms with Gasteiger partial charge in [-0.05, 0) is 57.9 Å². The number of hydrogen-bond donors (Lipinski definition) is 3. The van der Waals surface area contributed by atoms with Crippen LogP contribution in [-0.4, -0.2) is 72.6 Å². The third-order valence-corrected chi connectivity index (χ3v) is 6.50. The summed E-state index contributed by atoms with van der Waals surface area (Å²) in [6.45, 7) is 3.40. The fourth-order valence-electron chi connectivity index (χ4n) is 4.14. The van der Waals surface area contributed by atoms with Gasteiger partial charge in [0.2, 0.25) is 11.8 Å². The molecular formula is C19H33F2N5O2. The Balaban J connectivity index is 1.59. The SMILES string of the molecule is CN1CCC(N)(NC(=O)[C@H](CC(C)(F)F)NC(=O)N2CCC3(CC2)CC3)CC1. The first-order chi connectivity index (χ1) is 13.0. The first-order valence-electron chi connectivity index (χ1n) is 10.2. The summed E-state index contributed by atoms with van der Waals surface area (Å²) in [5.74, 6) is -3.72. The zero-order valence-electron chi connectivity index (χ0n) is 16.9. The Morgan fingerprint density at radius 2 is 1.64 bits per heavy atom. The van der Waals surface area contributed by atoms with Crippen molar-refractivity contribution in [3.05, 3.63) is 0 Å². The summed E-state index contributed by atoms with van der Waals surface area (Å²) in [5.41, 5.74) is 5.74. The molecule has 7 nitrogen and oxygen atoms in total. The van der Waals surface area contributed by atoms with Gasteiger partial charge in [0.05, 0.1) is 5.66 Å². The van der Waals surface area contributed by atoms with Crippen molar-refractivity contribution in [3.8, 4) is 0 Å². The number of rotatable bonds is 5. The lowest BCUT2D eigenvalue weighted by Crippen LogP contribution is -2.64. The van der Waals surface area contributed by atoms with E-state index in [1.165, 1.54) is 12.8 Å². The van der Waals surface area contributed by atoms with Gasteiger partial charge < -0.3 is 26.2 Å². The van der Waals surface area contributed by atoms with E-state index < -0.39 is 36.0 Å². The molecule has 2 saturated heterocycles. The molecule has 28 heavy (non-hydrogen) atoms.